The average Bonchev–Trinajstić information content (AvgIpc) is 3.00. The number of carbonyl (C=O) groups is 1. The highest BCUT2D eigenvalue weighted by Crippen LogP contribution is 2.32. The quantitative estimate of drug-likeness (QED) is 0.881. The van der Waals surface area contributed by atoms with E-state index in [2.05, 4.69) is 10.3 Å². The summed E-state index contributed by atoms with van der Waals surface area (Å²) in [4.78, 5) is 26.4. The maximum Gasteiger partial charge on any atom is 0.268 e. The molecule has 0 atom stereocenters. The molecule has 1 aliphatic heterocycles. The van der Waals surface area contributed by atoms with E-state index in [-0.39, 0.29) is 29.6 Å². The highest BCUT2D eigenvalue weighted by atomic mass is 16.7. The number of nitrogens with one attached hydrogen (secondary N) is 2. The van der Waals surface area contributed by atoms with Gasteiger partial charge in [-0.15, -0.1) is 0 Å². The molecule has 0 unspecified atom stereocenters. The predicted octanol–water partition coefficient (Wildman–Crippen LogP) is 1.04. The third-order valence-electron chi connectivity index (χ3n) is 3.23. The zero-order valence-electron chi connectivity index (χ0n) is 11.8. The van der Waals surface area contributed by atoms with Crippen LogP contribution in [0, 0.1) is 0 Å². The number of carbonyl (C=O) groups excluding carboxylic acids is 1. The standard InChI is InChI=1S/C15H14N2O5/c1-20-14-7-16-10(5-11(14)18)15(19)17-6-9-2-3-12-13(4-9)22-8-21-12/h2-5,7H,6,8H2,1H3,(H,16,18)(H,17,19). The summed E-state index contributed by atoms with van der Waals surface area (Å²) in [5.74, 6) is 1.13. The highest BCUT2D eigenvalue weighted by Gasteiger charge is 2.14. The Morgan fingerprint density at radius 1 is 1.32 bits per heavy atom. The molecule has 1 amide bonds. The van der Waals surface area contributed by atoms with Crippen molar-refractivity contribution in [3.05, 3.63) is 51.9 Å². The Morgan fingerprint density at radius 2 is 2.14 bits per heavy atom. The molecule has 2 heterocycles. The van der Waals surface area contributed by atoms with Crippen LogP contribution in [0.25, 0.3) is 0 Å². The first kappa shape index (κ1) is 14.0. The molecule has 1 aliphatic rings. The molecule has 0 fully saturated rings. The minimum atomic E-state index is -0.377. The van der Waals surface area contributed by atoms with Gasteiger partial charge in [-0.3, -0.25) is 9.59 Å². The van der Waals surface area contributed by atoms with Crippen molar-refractivity contribution in [1.29, 1.82) is 0 Å². The van der Waals surface area contributed by atoms with E-state index < -0.39 is 0 Å². The van der Waals surface area contributed by atoms with Crippen LogP contribution in [0.3, 0.4) is 0 Å². The topological polar surface area (TPSA) is 89.7 Å². The Kier molecular flexibility index (Phi) is 3.69. The SMILES string of the molecule is COc1c[nH]c(C(=O)NCc2ccc3c(c2)OCO3)cc1=O. The summed E-state index contributed by atoms with van der Waals surface area (Å²) >= 11 is 0. The first-order valence-electron chi connectivity index (χ1n) is 6.61. The van der Waals surface area contributed by atoms with Gasteiger partial charge in [0.25, 0.3) is 5.91 Å². The van der Waals surface area contributed by atoms with Gasteiger partial charge in [0.2, 0.25) is 12.2 Å². The molecule has 0 radical (unpaired) electrons. The molecule has 1 aromatic carbocycles. The number of fused-ring (bicyclic) bond motifs is 1. The van der Waals surface area contributed by atoms with Gasteiger partial charge in [0.05, 0.1) is 7.11 Å². The molecule has 0 aliphatic carbocycles. The van der Waals surface area contributed by atoms with Gasteiger partial charge >= 0.3 is 0 Å². The summed E-state index contributed by atoms with van der Waals surface area (Å²) in [7, 11) is 1.39. The number of hydrogen-bond donors (Lipinski definition) is 2. The Morgan fingerprint density at radius 3 is 2.91 bits per heavy atom. The first-order valence-corrected chi connectivity index (χ1v) is 6.61. The molecule has 22 heavy (non-hydrogen) atoms. The summed E-state index contributed by atoms with van der Waals surface area (Å²) in [6.07, 6.45) is 1.36. The van der Waals surface area contributed by atoms with Crippen molar-refractivity contribution in [1.82, 2.24) is 10.3 Å². The normalized spacial score (nSPS) is 12.0. The fourth-order valence-corrected chi connectivity index (χ4v) is 2.08. The van der Waals surface area contributed by atoms with Crippen LogP contribution < -0.4 is 25.0 Å². The fraction of sp³-hybridized carbons (Fsp3) is 0.200. The van der Waals surface area contributed by atoms with Crippen molar-refractivity contribution in [2.75, 3.05) is 13.9 Å². The van der Waals surface area contributed by atoms with Crippen molar-refractivity contribution >= 4 is 5.91 Å². The van der Waals surface area contributed by atoms with Crippen molar-refractivity contribution in [3.8, 4) is 17.2 Å². The van der Waals surface area contributed by atoms with Crippen LogP contribution >= 0.6 is 0 Å². The van der Waals surface area contributed by atoms with E-state index in [0.29, 0.717) is 18.0 Å². The fourth-order valence-electron chi connectivity index (χ4n) is 2.08. The molecule has 2 aromatic rings. The highest BCUT2D eigenvalue weighted by molar-refractivity contribution is 5.92. The van der Waals surface area contributed by atoms with Crippen LogP contribution in [0.15, 0.2) is 35.3 Å². The lowest BCUT2D eigenvalue weighted by molar-refractivity contribution is 0.0945. The lowest BCUT2D eigenvalue weighted by atomic mass is 10.2. The van der Waals surface area contributed by atoms with Gasteiger partial charge in [-0.25, -0.2) is 0 Å². The number of H-pyrrole nitrogens is 1. The van der Waals surface area contributed by atoms with E-state index in [0.717, 1.165) is 5.56 Å². The van der Waals surface area contributed by atoms with E-state index in [1.807, 2.05) is 6.07 Å². The molecule has 0 spiro atoms. The monoisotopic (exact) mass is 302 g/mol. The molecule has 0 saturated carbocycles. The van der Waals surface area contributed by atoms with Crippen LogP contribution in [0.4, 0.5) is 0 Å². The maximum absolute atomic E-state index is 12.0. The summed E-state index contributed by atoms with van der Waals surface area (Å²) in [6.45, 7) is 0.516. The van der Waals surface area contributed by atoms with E-state index in [1.165, 1.54) is 19.4 Å². The van der Waals surface area contributed by atoms with Gasteiger partial charge in [0, 0.05) is 18.8 Å². The molecule has 7 nitrogen and oxygen atoms in total. The Hall–Kier alpha value is -2.96. The van der Waals surface area contributed by atoms with E-state index in [4.69, 9.17) is 14.2 Å². The van der Waals surface area contributed by atoms with Crippen LogP contribution in [0.1, 0.15) is 16.1 Å². The predicted molar refractivity (Wildman–Crippen MR) is 77.3 cm³/mol. The largest absolute Gasteiger partial charge is 0.491 e. The number of methoxy groups -OCH3 is 1. The molecule has 3 rings (SSSR count). The summed E-state index contributed by atoms with van der Waals surface area (Å²) < 4.78 is 15.3. The van der Waals surface area contributed by atoms with Gasteiger partial charge in [-0.05, 0) is 17.7 Å². The van der Waals surface area contributed by atoms with Gasteiger partial charge in [-0.1, -0.05) is 6.07 Å². The molecule has 2 N–H and O–H groups in total. The number of hydrogen-bond acceptors (Lipinski definition) is 5. The molecule has 0 bridgehead atoms. The maximum atomic E-state index is 12.0. The van der Waals surface area contributed by atoms with Gasteiger partial charge in [0.15, 0.2) is 17.2 Å². The van der Waals surface area contributed by atoms with Crippen molar-refractivity contribution < 1.29 is 19.0 Å². The lowest BCUT2D eigenvalue weighted by Crippen LogP contribution is -2.25. The number of rotatable bonds is 4. The second kappa shape index (κ2) is 5.80. The van der Waals surface area contributed by atoms with Crippen molar-refractivity contribution in [3.63, 3.8) is 0 Å². The van der Waals surface area contributed by atoms with Crippen LogP contribution in [-0.2, 0) is 6.54 Å². The van der Waals surface area contributed by atoms with Crippen LogP contribution in [-0.4, -0.2) is 24.8 Å². The molecule has 0 saturated heterocycles. The zero-order chi connectivity index (χ0) is 15.5. The summed E-state index contributed by atoms with van der Waals surface area (Å²) in [6, 6.07) is 6.64. The average molecular weight is 302 g/mol. The number of aromatic amines is 1. The van der Waals surface area contributed by atoms with Gasteiger partial charge < -0.3 is 24.5 Å². The molecular formula is C15H14N2O5. The number of amides is 1. The Labute approximate surface area is 125 Å². The second-order valence-corrected chi connectivity index (χ2v) is 4.65. The Balaban J connectivity index is 1.67. The van der Waals surface area contributed by atoms with Crippen LogP contribution in [0.5, 0.6) is 17.2 Å². The molecule has 7 heteroatoms. The third-order valence-corrected chi connectivity index (χ3v) is 3.23. The van der Waals surface area contributed by atoms with Gasteiger partial charge in [0.1, 0.15) is 5.69 Å². The van der Waals surface area contributed by atoms with E-state index >= 15 is 0 Å². The number of aromatic nitrogens is 1. The Bertz CT molecular complexity index is 769. The molecule has 1 aromatic heterocycles. The second-order valence-electron chi connectivity index (χ2n) is 4.65. The summed E-state index contributed by atoms with van der Waals surface area (Å²) in [5.41, 5.74) is 0.689. The zero-order valence-corrected chi connectivity index (χ0v) is 11.8. The van der Waals surface area contributed by atoms with Crippen molar-refractivity contribution in [2.24, 2.45) is 0 Å². The number of pyridine rings is 1. The number of benzene rings is 1. The minimum absolute atomic E-state index is 0.160. The number of ether oxygens (including phenoxy) is 3. The first-order chi connectivity index (χ1) is 10.7. The minimum Gasteiger partial charge on any atom is -0.491 e. The smallest absolute Gasteiger partial charge is 0.268 e. The molecular weight excluding hydrogens is 288 g/mol. The lowest BCUT2D eigenvalue weighted by Gasteiger charge is -2.07. The van der Waals surface area contributed by atoms with E-state index in [1.54, 1.807) is 12.1 Å². The van der Waals surface area contributed by atoms with Gasteiger partial charge in [-0.2, -0.15) is 0 Å². The van der Waals surface area contributed by atoms with Crippen LogP contribution in [0.2, 0.25) is 0 Å². The van der Waals surface area contributed by atoms with Crippen molar-refractivity contribution in [2.45, 2.75) is 6.54 Å². The van der Waals surface area contributed by atoms with E-state index in [9.17, 15) is 9.59 Å². The summed E-state index contributed by atoms with van der Waals surface area (Å²) in [5, 5.41) is 2.72. The molecule has 114 valence electrons. The third kappa shape index (κ3) is 2.73.